The molecule has 166 valence electrons. The zero-order valence-electron chi connectivity index (χ0n) is 19.0. The van der Waals surface area contributed by atoms with E-state index in [1.54, 1.807) is 0 Å². The number of hydrogen-bond donors (Lipinski definition) is 1. The van der Waals surface area contributed by atoms with Crippen LogP contribution in [0.1, 0.15) is 70.9 Å². The first-order valence-corrected chi connectivity index (χ1v) is 11.1. The highest BCUT2D eigenvalue weighted by molar-refractivity contribution is 5.74. The van der Waals surface area contributed by atoms with Crippen molar-refractivity contribution in [3.05, 3.63) is 47.5 Å². The lowest BCUT2D eigenvalue weighted by Gasteiger charge is -2.23. The van der Waals surface area contributed by atoms with E-state index >= 15 is 0 Å². The van der Waals surface area contributed by atoms with Gasteiger partial charge >= 0.3 is 5.97 Å². The van der Waals surface area contributed by atoms with Crippen LogP contribution < -0.4 is 0 Å². The van der Waals surface area contributed by atoms with E-state index in [1.165, 1.54) is 11.2 Å². The number of nitrogens with zero attached hydrogens (tertiary/aromatic N) is 3. The number of phenolic OH excluding ortho intramolecular Hbond substituents is 1. The number of aryl methyl sites for hydroxylation is 1. The standard InChI is InChI=1S/C25H33N3O3/c1-5-6-7-10-15-31-23(29)14-13-18-16-19(25(2,3)4)24(30)22(17-18)28-26-20-11-8-9-12-21(20)27-28/h8-9,11-12,16-17,30H,5-7,10,13-15H2,1-4H3. The smallest absolute Gasteiger partial charge is 0.306 e. The van der Waals surface area contributed by atoms with Gasteiger partial charge in [0, 0.05) is 12.0 Å². The van der Waals surface area contributed by atoms with Crippen LogP contribution in [0.2, 0.25) is 0 Å². The summed E-state index contributed by atoms with van der Waals surface area (Å²) in [7, 11) is 0. The van der Waals surface area contributed by atoms with Gasteiger partial charge < -0.3 is 9.84 Å². The fraction of sp³-hybridized carbons (Fsp3) is 0.480. The third-order valence-electron chi connectivity index (χ3n) is 5.34. The van der Waals surface area contributed by atoms with E-state index in [-0.39, 0.29) is 17.1 Å². The van der Waals surface area contributed by atoms with Crippen LogP contribution in [-0.4, -0.2) is 32.7 Å². The van der Waals surface area contributed by atoms with E-state index in [4.69, 9.17) is 4.74 Å². The number of benzene rings is 2. The summed E-state index contributed by atoms with van der Waals surface area (Å²) in [5.74, 6) is -0.0264. The average molecular weight is 424 g/mol. The summed E-state index contributed by atoms with van der Waals surface area (Å²) in [5.41, 5.74) is 3.51. The largest absolute Gasteiger partial charge is 0.505 e. The van der Waals surface area contributed by atoms with Gasteiger partial charge in [0.15, 0.2) is 0 Å². The number of aromatic nitrogens is 3. The Labute approximate surface area is 184 Å². The fourth-order valence-corrected chi connectivity index (χ4v) is 3.55. The zero-order valence-corrected chi connectivity index (χ0v) is 19.0. The molecule has 31 heavy (non-hydrogen) atoms. The Bertz CT molecular complexity index is 1000. The molecule has 0 unspecified atom stereocenters. The first-order chi connectivity index (χ1) is 14.8. The van der Waals surface area contributed by atoms with Crippen molar-refractivity contribution < 1.29 is 14.6 Å². The molecule has 0 aliphatic carbocycles. The Morgan fingerprint density at radius 3 is 2.35 bits per heavy atom. The van der Waals surface area contributed by atoms with Gasteiger partial charge in [-0.3, -0.25) is 4.79 Å². The Balaban J connectivity index is 1.81. The normalized spacial score (nSPS) is 11.7. The Kier molecular flexibility index (Phi) is 7.31. The lowest BCUT2D eigenvalue weighted by atomic mass is 9.84. The van der Waals surface area contributed by atoms with Crippen LogP contribution in [0.15, 0.2) is 36.4 Å². The van der Waals surface area contributed by atoms with Crippen molar-refractivity contribution in [1.29, 1.82) is 0 Å². The van der Waals surface area contributed by atoms with E-state index in [0.29, 0.717) is 25.1 Å². The highest BCUT2D eigenvalue weighted by Gasteiger charge is 2.23. The number of phenols is 1. The topological polar surface area (TPSA) is 77.2 Å². The average Bonchev–Trinajstić information content (AvgIpc) is 3.16. The predicted octanol–water partition coefficient (Wildman–Crippen LogP) is 5.48. The first-order valence-electron chi connectivity index (χ1n) is 11.1. The molecule has 0 fully saturated rings. The van der Waals surface area contributed by atoms with Gasteiger partial charge in [-0.05, 0) is 42.0 Å². The maximum Gasteiger partial charge on any atom is 0.306 e. The summed E-state index contributed by atoms with van der Waals surface area (Å²) in [6, 6.07) is 11.4. The molecule has 1 heterocycles. The molecule has 1 aromatic heterocycles. The second kappa shape index (κ2) is 9.94. The molecule has 6 nitrogen and oxygen atoms in total. The number of fused-ring (bicyclic) bond motifs is 1. The van der Waals surface area contributed by atoms with Crippen LogP contribution >= 0.6 is 0 Å². The number of esters is 1. The van der Waals surface area contributed by atoms with Gasteiger partial charge in [-0.15, -0.1) is 15.0 Å². The third kappa shape index (κ3) is 5.84. The van der Waals surface area contributed by atoms with Crippen LogP contribution in [0.25, 0.3) is 16.7 Å². The number of carbonyl (C=O) groups is 1. The van der Waals surface area contributed by atoms with Gasteiger partial charge in [-0.2, -0.15) is 0 Å². The molecule has 3 aromatic rings. The summed E-state index contributed by atoms with van der Waals surface area (Å²) in [6.07, 6.45) is 5.16. The summed E-state index contributed by atoms with van der Waals surface area (Å²) in [4.78, 5) is 13.6. The van der Waals surface area contributed by atoms with E-state index in [2.05, 4.69) is 17.1 Å². The van der Waals surface area contributed by atoms with Crippen molar-refractivity contribution in [2.45, 2.75) is 71.6 Å². The zero-order chi connectivity index (χ0) is 22.4. The fourth-order valence-electron chi connectivity index (χ4n) is 3.55. The van der Waals surface area contributed by atoms with Crippen molar-refractivity contribution in [3.63, 3.8) is 0 Å². The highest BCUT2D eigenvalue weighted by Crippen LogP contribution is 2.36. The number of hydrogen-bond acceptors (Lipinski definition) is 5. The molecule has 0 bridgehead atoms. The van der Waals surface area contributed by atoms with Gasteiger partial charge in [0.25, 0.3) is 0 Å². The monoisotopic (exact) mass is 423 g/mol. The minimum atomic E-state index is -0.277. The summed E-state index contributed by atoms with van der Waals surface area (Å²) in [5, 5.41) is 20.0. The van der Waals surface area contributed by atoms with Crippen molar-refractivity contribution in [2.24, 2.45) is 0 Å². The van der Waals surface area contributed by atoms with Gasteiger partial charge in [-0.25, -0.2) is 0 Å². The number of unbranched alkanes of at least 4 members (excludes halogenated alkanes) is 3. The van der Waals surface area contributed by atoms with Crippen LogP contribution in [0.4, 0.5) is 0 Å². The summed E-state index contributed by atoms with van der Waals surface area (Å²) >= 11 is 0. The van der Waals surface area contributed by atoms with Crippen LogP contribution in [-0.2, 0) is 21.4 Å². The van der Waals surface area contributed by atoms with E-state index in [1.807, 2.05) is 57.2 Å². The molecule has 0 aliphatic heterocycles. The third-order valence-corrected chi connectivity index (χ3v) is 5.34. The van der Waals surface area contributed by atoms with Gasteiger partial charge in [0.1, 0.15) is 22.5 Å². The van der Waals surface area contributed by atoms with E-state index in [0.717, 1.165) is 41.4 Å². The number of carbonyl (C=O) groups excluding carboxylic acids is 1. The van der Waals surface area contributed by atoms with Crippen LogP contribution in [0.5, 0.6) is 5.75 Å². The quantitative estimate of drug-likeness (QED) is 0.364. The highest BCUT2D eigenvalue weighted by atomic mass is 16.5. The van der Waals surface area contributed by atoms with Crippen LogP contribution in [0, 0.1) is 0 Å². The molecule has 0 amide bonds. The SMILES string of the molecule is CCCCCCOC(=O)CCc1cc(-n2nc3ccccc3n2)c(O)c(C(C)(C)C)c1. The molecular formula is C25H33N3O3. The maximum absolute atomic E-state index is 12.2. The van der Waals surface area contributed by atoms with Crippen LogP contribution in [0.3, 0.4) is 0 Å². The number of ether oxygens (including phenoxy) is 1. The van der Waals surface area contributed by atoms with Crippen molar-refractivity contribution in [2.75, 3.05) is 6.61 Å². The lowest BCUT2D eigenvalue weighted by molar-refractivity contribution is -0.143. The van der Waals surface area contributed by atoms with E-state index < -0.39 is 0 Å². The molecular weight excluding hydrogens is 390 g/mol. The van der Waals surface area contributed by atoms with Crippen molar-refractivity contribution >= 4 is 17.0 Å². The molecule has 0 saturated carbocycles. The molecule has 0 radical (unpaired) electrons. The molecule has 0 aliphatic rings. The van der Waals surface area contributed by atoms with Crippen molar-refractivity contribution in [3.8, 4) is 11.4 Å². The Morgan fingerprint density at radius 2 is 1.74 bits per heavy atom. The molecule has 1 N–H and O–H groups in total. The maximum atomic E-state index is 12.2. The second-order valence-corrected chi connectivity index (χ2v) is 9.02. The summed E-state index contributed by atoms with van der Waals surface area (Å²) < 4.78 is 5.37. The second-order valence-electron chi connectivity index (χ2n) is 9.02. The minimum absolute atomic E-state index is 0.162. The summed E-state index contributed by atoms with van der Waals surface area (Å²) in [6.45, 7) is 8.79. The molecule has 2 aromatic carbocycles. The lowest BCUT2D eigenvalue weighted by Crippen LogP contribution is -2.14. The molecule has 0 saturated heterocycles. The number of aromatic hydroxyl groups is 1. The van der Waals surface area contributed by atoms with Gasteiger partial charge in [0.05, 0.1) is 6.61 Å². The van der Waals surface area contributed by atoms with Gasteiger partial charge in [-0.1, -0.05) is 65.2 Å². The van der Waals surface area contributed by atoms with Gasteiger partial charge in [0.2, 0.25) is 0 Å². The molecule has 3 rings (SSSR count). The van der Waals surface area contributed by atoms with E-state index in [9.17, 15) is 9.90 Å². The van der Waals surface area contributed by atoms with Crippen molar-refractivity contribution in [1.82, 2.24) is 15.0 Å². The first kappa shape index (κ1) is 22.8. The molecule has 0 spiro atoms. The molecule has 0 atom stereocenters. The Hall–Kier alpha value is -2.89. The molecule has 6 heteroatoms. The number of rotatable bonds is 9. The Morgan fingerprint density at radius 1 is 1.06 bits per heavy atom. The predicted molar refractivity (Wildman–Crippen MR) is 123 cm³/mol. The minimum Gasteiger partial charge on any atom is -0.505 e.